The molecule has 2 rings (SSSR count). The molecule has 0 aromatic heterocycles. The third kappa shape index (κ3) is 8.56. The van der Waals surface area contributed by atoms with Crippen LogP contribution in [0.5, 0.6) is 0 Å². The quantitative estimate of drug-likeness (QED) is 0.318. The predicted molar refractivity (Wildman–Crippen MR) is 155 cm³/mol. The van der Waals surface area contributed by atoms with Crippen LogP contribution in [-0.4, -0.2) is 46.5 Å². The third-order valence-corrected chi connectivity index (χ3v) is 6.42. The van der Waals surface area contributed by atoms with Gasteiger partial charge in [-0.15, -0.1) is 0 Å². The topological polar surface area (TPSA) is 87.7 Å². The Labute approximate surface area is 231 Å². The molecular weight excluding hydrogens is 498 g/mol. The number of hydrogen-bond donors (Lipinski definition) is 2. The van der Waals surface area contributed by atoms with Gasteiger partial charge in [0, 0.05) is 11.7 Å². The van der Waals surface area contributed by atoms with Gasteiger partial charge in [-0.25, -0.2) is 4.79 Å². The Morgan fingerprint density at radius 3 is 2.13 bits per heavy atom. The Morgan fingerprint density at radius 2 is 1.63 bits per heavy atom. The molecule has 2 aromatic rings. The molecule has 2 N–H and O–H groups in total. The fourth-order valence-corrected chi connectivity index (χ4v) is 4.64. The van der Waals surface area contributed by atoms with Gasteiger partial charge < -0.3 is 15.4 Å². The molecule has 0 heterocycles. The first kappa shape index (κ1) is 30.8. The molecule has 8 heteroatoms. The Morgan fingerprint density at radius 1 is 1.05 bits per heavy atom. The fourth-order valence-electron chi connectivity index (χ4n) is 4.16. The van der Waals surface area contributed by atoms with Crippen molar-refractivity contribution < 1.29 is 19.1 Å². The highest BCUT2D eigenvalue weighted by molar-refractivity contribution is 7.98. The number of thioether (sulfide) groups is 1. The third-order valence-electron chi connectivity index (χ3n) is 5.77. The summed E-state index contributed by atoms with van der Waals surface area (Å²) in [6.07, 6.45) is 7.40. The van der Waals surface area contributed by atoms with E-state index in [1.807, 2.05) is 70.3 Å². The first-order valence-corrected chi connectivity index (χ1v) is 13.9. The van der Waals surface area contributed by atoms with Crippen molar-refractivity contribution in [1.82, 2.24) is 10.2 Å². The second-order valence-electron chi connectivity index (χ2n) is 10.4. The van der Waals surface area contributed by atoms with E-state index in [-0.39, 0.29) is 0 Å². The minimum atomic E-state index is -1.12. The van der Waals surface area contributed by atoms with E-state index in [1.165, 1.54) is 11.8 Å². The zero-order chi connectivity index (χ0) is 28.6. The highest BCUT2D eigenvalue weighted by Crippen LogP contribution is 2.28. The average Bonchev–Trinajstić information content (AvgIpc) is 2.80. The Bertz CT molecular complexity index is 1170. The molecule has 2 unspecified atom stereocenters. The summed E-state index contributed by atoms with van der Waals surface area (Å²) in [6, 6.07) is 11.7. The normalized spacial score (nSPS) is 12.6. The second kappa shape index (κ2) is 13.4. The van der Waals surface area contributed by atoms with Crippen molar-refractivity contribution in [3.8, 4) is 12.5 Å². The monoisotopic (exact) mass is 537 g/mol. The van der Waals surface area contributed by atoms with E-state index in [0.29, 0.717) is 23.4 Å². The molecule has 7 nitrogen and oxygen atoms in total. The average molecular weight is 538 g/mol. The Kier molecular flexibility index (Phi) is 10.8. The van der Waals surface area contributed by atoms with E-state index in [9.17, 15) is 14.4 Å². The minimum Gasteiger partial charge on any atom is -0.444 e. The zero-order valence-electron chi connectivity index (χ0n) is 23.6. The molecule has 2 aromatic carbocycles. The summed E-state index contributed by atoms with van der Waals surface area (Å²) in [5.74, 6) is -0.416. The van der Waals surface area contributed by atoms with E-state index in [1.54, 1.807) is 20.8 Å². The van der Waals surface area contributed by atoms with Crippen molar-refractivity contribution in [2.75, 3.05) is 17.3 Å². The molecule has 0 aliphatic carbocycles. The number of rotatable bonds is 9. The number of alkyl carbamates (subject to hydrolysis) is 1. The van der Waals surface area contributed by atoms with Gasteiger partial charge >= 0.3 is 6.09 Å². The summed E-state index contributed by atoms with van der Waals surface area (Å²) in [5, 5.41) is 5.66. The van der Waals surface area contributed by atoms with Crippen LogP contribution >= 0.6 is 11.8 Å². The van der Waals surface area contributed by atoms with Crippen molar-refractivity contribution in [2.24, 2.45) is 0 Å². The summed E-state index contributed by atoms with van der Waals surface area (Å²) in [6.45, 7) is 12.9. The number of ether oxygens (including phenoxy) is 1. The molecule has 38 heavy (non-hydrogen) atoms. The summed E-state index contributed by atoms with van der Waals surface area (Å²) in [7, 11) is 0. The molecule has 0 saturated heterocycles. The molecule has 3 amide bonds. The highest BCUT2D eigenvalue weighted by Gasteiger charge is 2.36. The lowest BCUT2D eigenvalue weighted by Gasteiger charge is -2.31. The minimum absolute atomic E-state index is 0.315. The van der Waals surface area contributed by atoms with Crippen LogP contribution in [0.1, 0.15) is 61.1 Å². The number of anilines is 1. The number of carbonyl (C=O) groups excluding carboxylic acids is 3. The van der Waals surface area contributed by atoms with Gasteiger partial charge in [0.15, 0.2) is 0 Å². The van der Waals surface area contributed by atoms with Crippen molar-refractivity contribution in [3.05, 3.63) is 64.2 Å². The Balaban J connectivity index is 2.54. The first-order valence-electron chi connectivity index (χ1n) is 12.5. The molecular formula is C30H39N3O4S. The lowest BCUT2D eigenvalue weighted by Crippen LogP contribution is -2.51. The van der Waals surface area contributed by atoms with Crippen molar-refractivity contribution in [3.63, 3.8) is 0 Å². The van der Waals surface area contributed by atoms with E-state index in [4.69, 9.17) is 11.2 Å². The first-order chi connectivity index (χ1) is 17.8. The van der Waals surface area contributed by atoms with Crippen LogP contribution < -0.4 is 10.6 Å². The molecule has 2 atom stereocenters. The van der Waals surface area contributed by atoms with Crippen molar-refractivity contribution in [2.45, 2.75) is 72.6 Å². The Hall–Kier alpha value is -3.44. The van der Waals surface area contributed by atoms with Gasteiger partial charge in [-0.05, 0) is 83.6 Å². The van der Waals surface area contributed by atoms with Crippen LogP contribution in [0, 0.1) is 40.2 Å². The lowest BCUT2D eigenvalue weighted by atomic mass is 9.98. The molecule has 0 aliphatic rings. The SMILES string of the molecule is C#CN(C(=O)C(CCSC)NC(=O)OC(C)(C)C)C(C(=O)Nc1c(C)cccc1C)c1cc(C)cc(C)c1. The molecule has 0 saturated carbocycles. The predicted octanol–water partition coefficient (Wildman–Crippen LogP) is 5.67. The van der Waals surface area contributed by atoms with Crippen molar-refractivity contribution in [1.29, 1.82) is 0 Å². The molecule has 0 aliphatic heterocycles. The molecule has 0 fully saturated rings. The summed E-state index contributed by atoms with van der Waals surface area (Å²) < 4.78 is 5.38. The maximum Gasteiger partial charge on any atom is 0.408 e. The van der Waals surface area contributed by atoms with Gasteiger partial charge in [0.2, 0.25) is 0 Å². The largest absolute Gasteiger partial charge is 0.444 e. The van der Waals surface area contributed by atoms with E-state index < -0.39 is 35.6 Å². The number of nitrogens with zero attached hydrogens (tertiary/aromatic N) is 1. The highest BCUT2D eigenvalue weighted by atomic mass is 32.2. The molecule has 0 bridgehead atoms. The lowest BCUT2D eigenvalue weighted by molar-refractivity contribution is -0.136. The zero-order valence-corrected chi connectivity index (χ0v) is 24.4. The van der Waals surface area contributed by atoms with Gasteiger partial charge in [0.1, 0.15) is 17.7 Å². The summed E-state index contributed by atoms with van der Waals surface area (Å²) in [4.78, 5) is 41.4. The van der Waals surface area contributed by atoms with Crippen LogP contribution in [0.4, 0.5) is 10.5 Å². The summed E-state index contributed by atoms with van der Waals surface area (Å²) in [5.41, 5.74) is 4.15. The summed E-state index contributed by atoms with van der Waals surface area (Å²) >= 11 is 1.53. The van der Waals surface area contributed by atoms with Crippen LogP contribution in [-0.2, 0) is 14.3 Å². The number of hydrogen-bond acceptors (Lipinski definition) is 5. The molecule has 204 valence electrons. The van der Waals surface area contributed by atoms with Gasteiger partial charge in [-0.3, -0.25) is 14.5 Å². The van der Waals surface area contributed by atoms with Crippen LogP contribution in [0.15, 0.2) is 36.4 Å². The standard InChI is InChI=1S/C30H39N3O4S/c1-10-33(28(35)24(14-15-38-9)31-29(36)37-30(6,7)8)26(23-17-19(2)16-20(3)18-23)27(34)32-25-21(4)12-11-13-22(25)5/h1,11-13,16-18,24,26H,14-15H2,2-9H3,(H,31,36)(H,32,34). The van der Waals surface area contributed by atoms with Gasteiger partial charge in [-0.1, -0.05) is 53.9 Å². The maximum absolute atomic E-state index is 13.9. The van der Waals surface area contributed by atoms with E-state index in [2.05, 4.69) is 16.7 Å². The number of benzene rings is 2. The second-order valence-corrected chi connectivity index (χ2v) is 11.4. The fraction of sp³-hybridized carbons (Fsp3) is 0.433. The number of amides is 3. The number of terminal acetylenes is 1. The van der Waals surface area contributed by atoms with Gasteiger partial charge in [0.25, 0.3) is 11.8 Å². The van der Waals surface area contributed by atoms with Gasteiger partial charge in [0.05, 0.1) is 0 Å². The maximum atomic E-state index is 13.9. The van der Waals surface area contributed by atoms with Crippen LogP contribution in [0.25, 0.3) is 0 Å². The number of nitrogens with one attached hydrogen (secondary N) is 2. The number of aryl methyl sites for hydroxylation is 4. The molecule has 0 spiro atoms. The van der Waals surface area contributed by atoms with E-state index in [0.717, 1.165) is 27.2 Å². The van der Waals surface area contributed by atoms with Crippen LogP contribution in [0.3, 0.4) is 0 Å². The number of para-hydroxylation sites is 1. The van der Waals surface area contributed by atoms with Crippen LogP contribution in [0.2, 0.25) is 0 Å². The number of carbonyl (C=O) groups is 3. The van der Waals surface area contributed by atoms with E-state index >= 15 is 0 Å². The molecule has 0 radical (unpaired) electrons. The smallest absolute Gasteiger partial charge is 0.408 e. The van der Waals surface area contributed by atoms with Gasteiger partial charge in [-0.2, -0.15) is 11.8 Å². The van der Waals surface area contributed by atoms with Crippen molar-refractivity contribution >= 4 is 35.4 Å².